The van der Waals surface area contributed by atoms with Gasteiger partial charge in [-0.15, -0.1) is 0 Å². The van der Waals surface area contributed by atoms with E-state index in [1.54, 1.807) is 12.3 Å². The molecule has 0 aliphatic carbocycles. The number of H-pyrrole nitrogens is 1. The summed E-state index contributed by atoms with van der Waals surface area (Å²) < 4.78 is 12.0. The normalized spacial score (nSPS) is 12.0. The summed E-state index contributed by atoms with van der Waals surface area (Å²) in [4.78, 5) is 2.83. The Balaban J connectivity index is 3.26. The molecule has 1 heterocycles. The second-order valence-electron chi connectivity index (χ2n) is 2.47. The predicted molar refractivity (Wildman–Crippen MR) is 50.2 cm³/mol. The number of aromatic nitrogens is 1. The number of hydrogen-bond acceptors (Lipinski definition) is 0. The van der Waals surface area contributed by atoms with Crippen LogP contribution in [0.1, 0.15) is 0 Å². The van der Waals surface area contributed by atoms with Gasteiger partial charge in [-0.1, -0.05) is 24.8 Å². The molecule has 0 unspecified atom stereocenters. The Labute approximate surface area is 74.9 Å². The van der Waals surface area contributed by atoms with E-state index in [1.165, 1.54) is 0 Å². The van der Waals surface area contributed by atoms with Crippen molar-refractivity contribution in [3.8, 4) is 0 Å². The van der Waals surface area contributed by atoms with Gasteiger partial charge in [-0.3, -0.25) is 0 Å². The molecule has 0 spiro atoms. The molecule has 1 aromatic heterocycles. The minimum atomic E-state index is -0.569. The average Bonchev–Trinajstić information content (AvgIpc) is 2.35. The number of hydrogen-bond donors (Lipinski definition) is 1. The van der Waals surface area contributed by atoms with Gasteiger partial charge in [0.15, 0.2) is 0 Å². The summed E-state index contributed by atoms with van der Waals surface area (Å²) in [6.45, 7) is 6.62. The summed E-state index contributed by atoms with van der Waals surface area (Å²) in [5.41, 5.74) is 0.390. The van der Waals surface area contributed by atoms with Gasteiger partial charge >= 0.3 is 0 Å². The van der Waals surface area contributed by atoms with Crippen LogP contribution in [0.4, 0.5) is 4.39 Å². The Morgan fingerprint density at radius 1 is 1.75 bits per heavy atom. The summed E-state index contributed by atoms with van der Waals surface area (Å²) in [6, 6.07) is 0. The van der Waals surface area contributed by atoms with Crippen LogP contribution >= 0.6 is 11.6 Å². The first-order valence-electron chi connectivity index (χ1n) is 3.42. The monoisotopic (exact) mass is 185 g/mol. The predicted octanol–water partition coefficient (Wildman–Crippen LogP) is 1.38. The fraction of sp³-hybridized carbons (Fsp3) is 0.111. The zero-order valence-electron chi connectivity index (χ0n) is 6.53. The van der Waals surface area contributed by atoms with Crippen molar-refractivity contribution >= 4 is 24.3 Å². The van der Waals surface area contributed by atoms with E-state index in [9.17, 15) is 4.39 Å². The Bertz CT molecular complexity index is 391. The molecule has 0 aliphatic rings. The lowest BCUT2D eigenvalue weighted by Crippen LogP contribution is -2.21. The van der Waals surface area contributed by atoms with Crippen molar-refractivity contribution in [1.29, 1.82) is 0 Å². The van der Waals surface area contributed by atoms with Gasteiger partial charge in [-0.2, -0.15) is 0 Å². The van der Waals surface area contributed by atoms with E-state index in [4.69, 9.17) is 11.6 Å². The Kier molecular flexibility index (Phi) is 2.71. The first-order chi connectivity index (χ1) is 5.65. The number of rotatable bonds is 2. The third-order valence-corrected chi connectivity index (χ3v) is 1.79. The number of allylic oxidation sites excluding steroid dienone is 1. The van der Waals surface area contributed by atoms with E-state index in [-0.39, 0.29) is 0 Å². The topological polar surface area (TPSA) is 15.8 Å². The van der Waals surface area contributed by atoms with E-state index in [0.717, 1.165) is 0 Å². The summed E-state index contributed by atoms with van der Waals surface area (Å²) in [5, 5.41) is 1.92. The zero-order valence-corrected chi connectivity index (χ0v) is 7.29. The van der Waals surface area contributed by atoms with Gasteiger partial charge in [-0.25, -0.2) is 4.39 Å². The first kappa shape index (κ1) is 9.07. The maximum Gasteiger partial charge on any atom is 0.114 e. The first-order valence-corrected chi connectivity index (χ1v) is 3.80. The molecule has 64 valence electrons. The maximum absolute atomic E-state index is 12.0. The lowest BCUT2D eigenvalue weighted by molar-refractivity contribution is 0.553. The van der Waals surface area contributed by atoms with Gasteiger partial charge in [-0.05, 0) is 11.6 Å². The summed E-state index contributed by atoms with van der Waals surface area (Å²) in [7, 11) is 0. The van der Waals surface area contributed by atoms with Gasteiger partial charge in [0.25, 0.3) is 0 Å². The van der Waals surface area contributed by atoms with Crippen LogP contribution in [-0.2, 0) is 0 Å². The maximum atomic E-state index is 12.0. The molecule has 3 heteroatoms. The Hall–Kier alpha value is -1.02. The van der Waals surface area contributed by atoms with Crippen molar-refractivity contribution in [2.24, 2.45) is 0 Å². The van der Waals surface area contributed by atoms with Crippen LogP contribution in [0.3, 0.4) is 0 Å². The third-order valence-electron chi connectivity index (χ3n) is 1.48. The molecule has 0 fully saturated rings. The summed E-state index contributed by atoms with van der Waals surface area (Å²) >= 11 is 5.78. The smallest absolute Gasteiger partial charge is 0.114 e. The van der Waals surface area contributed by atoms with Gasteiger partial charge in [0.05, 0.1) is 5.02 Å². The van der Waals surface area contributed by atoms with Crippen LogP contribution in [0.5, 0.6) is 0 Å². The molecule has 1 nitrogen and oxygen atoms in total. The highest BCUT2D eigenvalue weighted by Crippen LogP contribution is 1.97. The SMILES string of the molecule is C=C(C=c1c(Cl)c[nH]c1=C)CF. The second kappa shape index (κ2) is 3.59. The van der Waals surface area contributed by atoms with Crippen LogP contribution in [0.2, 0.25) is 5.02 Å². The highest BCUT2D eigenvalue weighted by Gasteiger charge is 1.94. The van der Waals surface area contributed by atoms with Crippen molar-refractivity contribution in [1.82, 2.24) is 4.98 Å². The van der Waals surface area contributed by atoms with Crippen LogP contribution in [0.15, 0.2) is 18.3 Å². The number of halogens is 2. The molecule has 1 N–H and O–H groups in total. The van der Waals surface area contributed by atoms with Crippen molar-refractivity contribution in [2.75, 3.05) is 6.67 Å². The van der Waals surface area contributed by atoms with Gasteiger partial charge in [0.2, 0.25) is 0 Å². The van der Waals surface area contributed by atoms with Crippen LogP contribution in [0.25, 0.3) is 12.7 Å². The lowest BCUT2D eigenvalue weighted by Gasteiger charge is -1.87. The lowest BCUT2D eigenvalue weighted by atomic mass is 10.2. The second-order valence-corrected chi connectivity index (χ2v) is 2.87. The molecule has 0 atom stereocenters. The molecule has 0 saturated carbocycles. The van der Waals surface area contributed by atoms with Crippen molar-refractivity contribution in [3.05, 3.63) is 33.9 Å². The summed E-state index contributed by atoms with van der Waals surface area (Å²) in [5.74, 6) is 0. The van der Waals surface area contributed by atoms with Gasteiger partial charge in [0, 0.05) is 16.8 Å². The average molecular weight is 186 g/mol. The highest BCUT2D eigenvalue weighted by atomic mass is 35.5. The van der Waals surface area contributed by atoms with Crippen molar-refractivity contribution < 1.29 is 4.39 Å². The largest absolute Gasteiger partial charge is 0.360 e. The molecular formula is C9H9ClFN. The van der Waals surface area contributed by atoms with Crippen LogP contribution in [-0.4, -0.2) is 11.7 Å². The molecule has 12 heavy (non-hydrogen) atoms. The van der Waals surface area contributed by atoms with Crippen LogP contribution < -0.4 is 10.6 Å². The van der Waals surface area contributed by atoms with E-state index in [1.807, 2.05) is 0 Å². The number of alkyl halides is 1. The molecule has 0 aromatic carbocycles. The van der Waals surface area contributed by atoms with E-state index < -0.39 is 6.67 Å². The standard InChI is InChI=1S/C9H9ClFN/c1-6(4-11)3-8-7(2)12-5-9(8)10/h3,5,12H,1-2,4H2. The highest BCUT2D eigenvalue weighted by molar-refractivity contribution is 6.30. The molecule has 0 amide bonds. The summed E-state index contributed by atoms with van der Waals surface area (Å²) in [6.07, 6.45) is 3.20. The van der Waals surface area contributed by atoms with Gasteiger partial charge < -0.3 is 4.98 Å². The zero-order chi connectivity index (χ0) is 9.14. The number of aromatic amines is 1. The van der Waals surface area contributed by atoms with E-state index in [2.05, 4.69) is 18.1 Å². The van der Waals surface area contributed by atoms with E-state index in [0.29, 0.717) is 21.2 Å². The Morgan fingerprint density at radius 2 is 2.42 bits per heavy atom. The quantitative estimate of drug-likeness (QED) is 0.717. The fourth-order valence-corrected chi connectivity index (χ4v) is 1.07. The minimum Gasteiger partial charge on any atom is -0.360 e. The molecule has 1 aromatic rings. The molecule has 0 aliphatic heterocycles. The molecule has 1 rings (SSSR count). The van der Waals surface area contributed by atoms with Gasteiger partial charge in [0.1, 0.15) is 6.67 Å². The van der Waals surface area contributed by atoms with Crippen molar-refractivity contribution in [3.63, 3.8) is 0 Å². The third kappa shape index (κ3) is 1.77. The molecular weight excluding hydrogens is 177 g/mol. The fourth-order valence-electron chi connectivity index (χ4n) is 0.849. The molecule has 0 bridgehead atoms. The van der Waals surface area contributed by atoms with Crippen molar-refractivity contribution in [2.45, 2.75) is 0 Å². The van der Waals surface area contributed by atoms with Crippen LogP contribution in [0, 0.1) is 0 Å². The Morgan fingerprint density at radius 3 is 2.83 bits per heavy atom. The molecule has 0 radical (unpaired) electrons. The number of nitrogens with one attached hydrogen (secondary N) is 1. The minimum absolute atomic E-state index is 0.390. The molecule has 0 saturated heterocycles. The van der Waals surface area contributed by atoms with E-state index >= 15 is 0 Å².